The van der Waals surface area contributed by atoms with Gasteiger partial charge >= 0.3 is 6.03 Å². The number of nitrogens with zero attached hydrogens (tertiary/aromatic N) is 2. The fourth-order valence-electron chi connectivity index (χ4n) is 5.03. The van der Waals surface area contributed by atoms with Gasteiger partial charge in [-0.25, -0.2) is 4.79 Å². The van der Waals surface area contributed by atoms with Gasteiger partial charge in [0.05, 0.1) is 27.0 Å². The quantitative estimate of drug-likeness (QED) is 0.739. The maximum absolute atomic E-state index is 13.1. The molecular weight excluding hydrogens is 390 g/mol. The van der Waals surface area contributed by atoms with Gasteiger partial charge in [-0.2, -0.15) is 0 Å². The average Bonchev–Trinajstić information content (AvgIpc) is 3.22. The van der Waals surface area contributed by atoms with E-state index in [1.54, 1.807) is 12.1 Å². The number of hydrogen-bond acceptors (Lipinski definition) is 6. The Morgan fingerprint density at radius 1 is 0.900 bits per heavy atom. The normalized spacial score (nSPS) is 25.5. The Morgan fingerprint density at radius 3 is 1.90 bits per heavy atom. The van der Waals surface area contributed by atoms with E-state index >= 15 is 0 Å². The molecule has 1 N–H and O–H groups in total. The van der Waals surface area contributed by atoms with Crippen molar-refractivity contribution in [3.8, 4) is 17.2 Å². The Hall–Kier alpha value is -2.97. The maximum atomic E-state index is 13.1. The van der Waals surface area contributed by atoms with Crippen LogP contribution in [-0.2, 0) is 9.59 Å². The highest BCUT2D eigenvalue weighted by Crippen LogP contribution is 2.42. The molecule has 3 aliphatic heterocycles. The number of ether oxygens (including phenoxy) is 3. The zero-order chi connectivity index (χ0) is 21.4. The summed E-state index contributed by atoms with van der Waals surface area (Å²) in [5.74, 6) is 1.21. The summed E-state index contributed by atoms with van der Waals surface area (Å²) in [6.07, 6.45) is 3.62. The van der Waals surface area contributed by atoms with Crippen LogP contribution in [0.5, 0.6) is 17.2 Å². The SMILES string of the molecule is COc1cc(NC(=O)N2C3CCC2CC(N2C(=O)CCC2=O)C3)cc(OC)c1OC. The van der Waals surface area contributed by atoms with Crippen molar-refractivity contribution >= 4 is 23.5 Å². The fourth-order valence-corrected chi connectivity index (χ4v) is 5.03. The molecule has 3 fully saturated rings. The van der Waals surface area contributed by atoms with E-state index in [9.17, 15) is 14.4 Å². The molecule has 0 aromatic heterocycles. The minimum atomic E-state index is -0.200. The summed E-state index contributed by atoms with van der Waals surface area (Å²) < 4.78 is 16.0. The lowest BCUT2D eigenvalue weighted by atomic mass is 9.96. The minimum absolute atomic E-state index is 0.0111. The van der Waals surface area contributed by atoms with Gasteiger partial charge in [-0.05, 0) is 25.7 Å². The maximum Gasteiger partial charge on any atom is 0.322 e. The van der Waals surface area contributed by atoms with Crippen molar-refractivity contribution in [1.29, 1.82) is 0 Å². The monoisotopic (exact) mass is 417 g/mol. The molecule has 2 unspecified atom stereocenters. The Morgan fingerprint density at radius 2 is 1.43 bits per heavy atom. The number of piperidine rings is 1. The van der Waals surface area contributed by atoms with Gasteiger partial charge in [0.1, 0.15) is 0 Å². The number of amides is 4. The van der Waals surface area contributed by atoms with Crippen LogP contribution in [-0.4, -0.2) is 67.1 Å². The number of fused-ring (bicyclic) bond motifs is 2. The summed E-state index contributed by atoms with van der Waals surface area (Å²) in [7, 11) is 4.57. The van der Waals surface area contributed by atoms with Crippen LogP contribution in [0.3, 0.4) is 0 Å². The standard InChI is InChI=1S/C21H27N3O6/c1-28-16-8-12(9-17(29-2)20(16)30-3)22-21(27)23-13-4-5-14(23)11-15(10-13)24-18(25)6-7-19(24)26/h8-9,13-15H,4-7,10-11H2,1-3H3,(H,22,27). The van der Waals surface area contributed by atoms with E-state index in [-0.39, 0.29) is 36.0 Å². The Balaban J connectivity index is 1.49. The fraction of sp³-hybridized carbons (Fsp3) is 0.571. The number of urea groups is 1. The summed E-state index contributed by atoms with van der Waals surface area (Å²) in [6.45, 7) is 0. The van der Waals surface area contributed by atoms with Crippen LogP contribution >= 0.6 is 0 Å². The predicted molar refractivity (Wildman–Crippen MR) is 108 cm³/mol. The molecule has 2 atom stereocenters. The van der Waals surface area contributed by atoms with E-state index in [1.807, 2.05) is 4.90 Å². The van der Waals surface area contributed by atoms with Crippen LogP contribution in [0.1, 0.15) is 38.5 Å². The Bertz CT molecular complexity index is 817. The number of hydrogen-bond donors (Lipinski definition) is 1. The van der Waals surface area contributed by atoms with Crippen LogP contribution in [0.25, 0.3) is 0 Å². The highest BCUT2D eigenvalue weighted by molar-refractivity contribution is 6.02. The van der Waals surface area contributed by atoms with Crippen LogP contribution < -0.4 is 19.5 Å². The zero-order valence-electron chi connectivity index (χ0n) is 17.5. The molecule has 0 saturated carbocycles. The van der Waals surface area contributed by atoms with Gasteiger partial charge < -0.3 is 24.4 Å². The summed E-state index contributed by atoms with van der Waals surface area (Å²) in [6, 6.07) is 3.10. The molecule has 162 valence electrons. The molecule has 0 radical (unpaired) electrons. The summed E-state index contributed by atoms with van der Waals surface area (Å²) in [5, 5.41) is 2.94. The van der Waals surface area contributed by atoms with Crippen molar-refractivity contribution in [3.05, 3.63) is 12.1 Å². The Kier molecular flexibility index (Phi) is 5.44. The van der Waals surface area contributed by atoms with E-state index < -0.39 is 0 Å². The number of anilines is 1. The second-order valence-corrected chi connectivity index (χ2v) is 7.92. The summed E-state index contributed by atoms with van der Waals surface area (Å²) >= 11 is 0. The molecular formula is C21H27N3O6. The summed E-state index contributed by atoms with van der Waals surface area (Å²) in [4.78, 5) is 40.7. The van der Waals surface area contributed by atoms with Gasteiger partial charge in [0, 0.05) is 43.1 Å². The topological polar surface area (TPSA) is 97.4 Å². The van der Waals surface area contributed by atoms with Gasteiger partial charge in [-0.1, -0.05) is 0 Å². The highest BCUT2D eigenvalue weighted by atomic mass is 16.5. The second-order valence-electron chi connectivity index (χ2n) is 7.92. The van der Waals surface area contributed by atoms with E-state index in [1.165, 1.54) is 26.2 Å². The van der Waals surface area contributed by atoms with Crippen LogP contribution in [0.15, 0.2) is 12.1 Å². The third kappa shape index (κ3) is 3.42. The first-order chi connectivity index (χ1) is 14.5. The second kappa shape index (κ2) is 8.04. The van der Waals surface area contributed by atoms with Crippen LogP contribution in [0, 0.1) is 0 Å². The smallest absolute Gasteiger partial charge is 0.322 e. The number of benzene rings is 1. The molecule has 3 aliphatic rings. The molecule has 1 aromatic rings. The first-order valence-electron chi connectivity index (χ1n) is 10.2. The van der Waals surface area contributed by atoms with E-state index in [0.29, 0.717) is 48.6 Å². The molecule has 0 spiro atoms. The van der Waals surface area contributed by atoms with Gasteiger partial charge in [0.25, 0.3) is 0 Å². The molecule has 1 aromatic carbocycles. The van der Waals surface area contributed by atoms with Gasteiger partial charge in [-0.3, -0.25) is 14.5 Å². The third-order valence-electron chi connectivity index (χ3n) is 6.31. The molecule has 4 amide bonds. The number of rotatable bonds is 5. The van der Waals surface area contributed by atoms with E-state index in [0.717, 1.165) is 12.8 Å². The van der Waals surface area contributed by atoms with E-state index in [4.69, 9.17) is 14.2 Å². The number of likely N-dealkylation sites (tertiary alicyclic amines) is 1. The van der Waals surface area contributed by atoms with Crippen molar-refractivity contribution in [2.75, 3.05) is 26.6 Å². The van der Waals surface area contributed by atoms with Crippen molar-refractivity contribution in [2.24, 2.45) is 0 Å². The molecule has 9 heteroatoms. The van der Waals surface area contributed by atoms with Gasteiger partial charge in [0.2, 0.25) is 17.6 Å². The van der Waals surface area contributed by atoms with Crippen molar-refractivity contribution in [1.82, 2.24) is 9.80 Å². The highest BCUT2D eigenvalue weighted by Gasteiger charge is 2.47. The number of imide groups is 1. The lowest BCUT2D eigenvalue weighted by Crippen LogP contribution is -2.54. The summed E-state index contributed by atoms with van der Waals surface area (Å²) in [5.41, 5.74) is 0.543. The molecule has 3 heterocycles. The molecule has 0 aliphatic carbocycles. The number of carbonyl (C=O) groups excluding carboxylic acids is 3. The molecule has 30 heavy (non-hydrogen) atoms. The molecule has 2 bridgehead atoms. The number of methoxy groups -OCH3 is 3. The van der Waals surface area contributed by atoms with Crippen molar-refractivity contribution in [2.45, 2.75) is 56.7 Å². The molecule has 3 saturated heterocycles. The van der Waals surface area contributed by atoms with Crippen LogP contribution in [0.2, 0.25) is 0 Å². The van der Waals surface area contributed by atoms with Crippen molar-refractivity contribution in [3.63, 3.8) is 0 Å². The predicted octanol–water partition coefficient (Wildman–Crippen LogP) is 2.39. The first-order valence-corrected chi connectivity index (χ1v) is 10.2. The average molecular weight is 417 g/mol. The first kappa shape index (κ1) is 20.3. The third-order valence-corrected chi connectivity index (χ3v) is 6.31. The zero-order valence-corrected chi connectivity index (χ0v) is 17.5. The van der Waals surface area contributed by atoms with E-state index in [2.05, 4.69) is 5.32 Å². The minimum Gasteiger partial charge on any atom is -0.493 e. The molecule has 9 nitrogen and oxygen atoms in total. The van der Waals surface area contributed by atoms with Gasteiger partial charge in [0.15, 0.2) is 11.5 Å². The van der Waals surface area contributed by atoms with Gasteiger partial charge in [-0.15, -0.1) is 0 Å². The number of carbonyl (C=O) groups is 3. The van der Waals surface area contributed by atoms with Crippen LogP contribution in [0.4, 0.5) is 10.5 Å². The van der Waals surface area contributed by atoms with Crippen molar-refractivity contribution < 1.29 is 28.6 Å². The lowest BCUT2D eigenvalue weighted by Gasteiger charge is -2.41. The Labute approximate surface area is 175 Å². The lowest BCUT2D eigenvalue weighted by molar-refractivity contribution is -0.142. The number of nitrogens with one attached hydrogen (secondary N) is 1. The largest absolute Gasteiger partial charge is 0.493 e. The molecule has 4 rings (SSSR count).